The van der Waals surface area contributed by atoms with Gasteiger partial charge in [0, 0.05) is 15.7 Å². The Balaban J connectivity index is 1.37. The van der Waals surface area contributed by atoms with Crippen LogP contribution in [0.4, 0.5) is 17.3 Å². The number of fused-ring (bicyclic) bond motifs is 1. The second-order valence-corrected chi connectivity index (χ2v) is 7.82. The molecule has 0 amide bonds. The zero-order chi connectivity index (χ0) is 21.9. The van der Waals surface area contributed by atoms with Crippen molar-refractivity contribution in [2.24, 2.45) is 5.10 Å². The predicted octanol–water partition coefficient (Wildman–Crippen LogP) is 5.53. The fraction of sp³-hybridized carbons (Fsp3) is 0.0455. The lowest BCUT2D eigenvalue weighted by Gasteiger charge is -2.09. The summed E-state index contributed by atoms with van der Waals surface area (Å²) in [5, 5.41) is 15.0. The Morgan fingerprint density at radius 2 is 1.59 bits per heavy atom. The molecule has 0 saturated carbocycles. The van der Waals surface area contributed by atoms with Crippen molar-refractivity contribution in [2.45, 2.75) is 6.92 Å². The molecular formula is C22H16BrN7O2. The van der Waals surface area contributed by atoms with Crippen LogP contribution in [-0.2, 0) is 0 Å². The number of rotatable bonds is 6. The maximum absolute atomic E-state index is 5.85. The van der Waals surface area contributed by atoms with Crippen LogP contribution >= 0.6 is 15.9 Å². The van der Waals surface area contributed by atoms with Crippen molar-refractivity contribution >= 4 is 50.8 Å². The molecule has 5 aromatic rings. The molecule has 0 saturated heterocycles. The van der Waals surface area contributed by atoms with Crippen LogP contribution in [0.3, 0.4) is 0 Å². The van der Waals surface area contributed by atoms with Gasteiger partial charge in [-0.3, -0.25) is 5.43 Å². The summed E-state index contributed by atoms with van der Waals surface area (Å²) in [6.45, 7) is 2.02. The minimum Gasteiger partial charge on any atom is -0.455 e. The van der Waals surface area contributed by atoms with Crippen LogP contribution in [0.1, 0.15) is 11.3 Å². The second-order valence-electron chi connectivity index (χ2n) is 6.90. The summed E-state index contributed by atoms with van der Waals surface area (Å²) in [4.78, 5) is 8.81. The Morgan fingerprint density at radius 3 is 2.34 bits per heavy atom. The molecule has 32 heavy (non-hydrogen) atoms. The van der Waals surface area contributed by atoms with E-state index in [1.807, 2.05) is 67.6 Å². The van der Waals surface area contributed by atoms with E-state index in [-0.39, 0.29) is 5.65 Å². The zero-order valence-corrected chi connectivity index (χ0v) is 18.4. The number of aromatic nitrogens is 4. The standard InChI is InChI=1S/C22H16BrN7O2/c1-13-2-8-16(9-3-13)25-19-20(27-22-21(26-19)29-32-30-22)28-24-12-17-10-11-18(31-17)14-4-6-15(23)7-5-14/h2-12H,1H3,(H,25,26,29)(H,27,28,30). The lowest BCUT2D eigenvalue weighted by atomic mass is 10.2. The van der Waals surface area contributed by atoms with E-state index in [0.717, 1.165) is 27.0 Å². The van der Waals surface area contributed by atoms with Gasteiger partial charge in [-0.25, -0.2) is 9.61 Å². The molecule has 0 atom stereocenters. The molecule has 0 fully saturated rings. The van der Waals surface area contributed by atoms with Crippen LogP contribution in [0.2, 0.25) is 0 Å². The van der Waals surface area contributed by atoms with Crippen molar-refractivity contribution in [2.75, 3.05) is 10.7 Å². The van der Waals surface area contributed by atoms with Crippen molar-refractivity contribution in [1.29, 1.82) is 0 Å². The number of nitrogens with one attached hydrogen (secondary N) is 2. The summed E-state index contributed by atoms with van der Waals surface area (Å²) >= 11 is 3.43. The van der Waals surface area contributed by atoms with Crippen molar-refractivity contribution in [3.63, 3.8) is 0 Å². The molecule has 0 aliphatic carbocycles. The molecule has 0 bridgehead atoms. The van der Waals surface area contributed by atoms with Crippen molar-refractivity contribution in [3.05, 3.63) is 76.5 Å². The van der Waals surface area contributed by atoms with E-state index >= 15 is 0 Å². The van der Waals surface area contributed by atoms with Gasteiger partial charge in [0.15, 0.2) is 11.6 Å². The first-order valence-electron chi connectivity index (χ1n) is 9.63. The lowest BCUT2D eigenvalue weighted by Crippen LogP contribution is -2.03. The van der Waals surface area contributed by atoms with E-state index in [4.69, 9.17) is 9.05 Å². The highest BCUT2D eigenvalue weighted by Gasteiger charge is 2.13. The summed E-state index contributed by atoms with van der Waals surface area (Å²) in [6, 6.07) is 19.5. The number of hydrogen-bond donors (Lipinski definition) is 2. The summed E-state index contributed by atoms with van der Waals surface area (Å²) in [5.41, 5.74) is 6.42. The first kappa shape index (κ1) is 19.9. The van der Waals surface area contributed by atoms with E-state index < -0.39 is 0 Å². The average Bonchev–Trinajstić information content (AvgIpc) is 3.45. The summed E-state index contributed by atoms with van der Waals surface area (Å²) in [7, 11) is 0. The van der Waals surface area contributed by atoms with Gasteiger partial charge in [-0.1, -0.05) is 45.8 Å². The number of furan rings is 1. The van der Waals surface area contributed by atoms with Crippen molar-refractivity contribution in [3.8, 4) is 11.3 Å². The van der Waals surface area contributed by atoms with E-state index in [1.165, 1.54) is 0 Å². The van der Waals surface area contributed by atoms with Gasteiger partial charge in [-0.15, -0.1) is 0 Å². The number of hydrogen-bond acceptors (Lipinski definition) is 9. The molecule has 0 spiro atoms. The smallest absolute Gasteiger partial charge is 0.245 e. The molecule has 0 radical (unpaired) electrons. The van der Waals surface area contributed by atoms with E-state index in [1.54, 1.807) is 6.21 Å². The molecule has 3 aromatic heterocycles. The zero-order valence-electron chi connectivity index (χ0n) is 16.8. The van der Waals surface area contributed by atoms with Gasteiger partial charge in [-0.05, 0) is 53.6 Å². The number of nitrogens with zero attached hydrogens (tertiary/aromatic N) is 5. The maximum atomic E-state index is 5.85. The Kier molecular flexibility index (Phi) is 5.34. The minimum atomic E-state index is 0.271. The fourth-order valence-electron chi connectivity index (χ4n) is 2.93. The summed E-state index contributed by atoms with van der Waals surface area (Å²) in [6.07, 6.45) is 1.56. The number of hydrazone groups is 1. The van der Waals surface area contributed by atoms with Gasteiger partial charge in [0.2, 0.25) is 11.3 Å². The molecule has 0 aliphatic rings. The van der Waals surface area contributed by atoms with Crippen molar-refractivity contribution < 1.29 is 9.05 Å². The van der Waals surface area contributed by atoms with Crippen LogP contribution in [-0.4, -0.2) is 26.5 Å². The van der Waals surface area contributed by atoms with Crippen LogP contribution in [0.5, 0.6) is 0 Å². The minimum absolute atomic E-state index is 0.271. The number of halogens is 1. The largest absolute Gasteiger partial charge is 0.455 e. The average molecular weight is 490 g/mol. The first-order chi connectivity index (χ1) is 15.6. The maximum Gasteiger partial charge on any atom is 0.245 e. The van der Waals surface area contributed by atoms with E-state index in [9.17, 15) is 0 Å². The lowest BCUT2D eigenvalue weighted by molar-refractivity contribution is 0.314. The van der Waals surface area contributed by atoms with Gasteiger partial charge in [0.05, 0.1) is 6.21 Å². The quantitative estimate of drug-likeness (QED) is 0.236. The van der Waals surface area contributed by atoms with Crippen LogP contribution < -0.4 is 10.7 Å². The molecule has 3 heterocycles. The molecule has 2 N–H and O–H groups in total. The monoisotopic (exact) mass is 489 g/mol. The SMILES string of the molecule is Cc1ccc(Nc2nc3nonc3nc2NN=Cc2ccc(-c3ccc(Br)cc3)o2)cc1. The van der Waals surface area contributed by atoms with Gasteiger partial charge in [0.25, 0.3) is 0 Å². The van der Waals surface area contributed by atoms with E-state index in [0.29, 0.717) is 23.0 Å². The third-order valence-electron chi connectivity index (χ3n) is 4.55. The van der Waals surface area contributed by atoms with Gasteiger partial charge < -0.3 is 9.73 Å². The van der Waals surface area contributed by atoms with Crippen LogP contribution in [0.15, 0.2) is 79.3 Å². The Morgan fingerprint density at radius 1 is 0.875 bits per heavy atom. The van der Waals surface area contributed by atoms with Gasteiger partial charge >= 0.3 is 0 Å². The molecule has 2 aromatic carbocycles. The van der Waals surface area contributed by atoms with Crippen LogP contribution in [0.25, 0.3) is 22.6 Å². The third-order valence-corrected chi connectivity index (χ3v) is 5.08. The topological polar surface area (TPSA) is 114 Å². The fourth-order valence-corrected chi connectivity index (χ4v) is 3.19. The van der Waals surface area contributed by atoms with E-state index in [2.05, 4.69) is 52.1 Å². The molecule has 0 aliphatic heterocycles. The Hall–Kier alpha value is -4.05. The molecule has 5 rings (SSSR count). The predicted molar refractivity (Wildman–Crippen MR) is 125 cm³/mol. The van der Waals surface area contributed by atoms with Gasteiger partial charge in [0.1, 0.15) is 11.5 Å². The highest BCUT2D eigenvalue weighted by atomic mass is 79.9. The third kappa shape index (κ3) is 4.35. The molecule has 158 valence electrons. The first-order valence-corrected chi connectivity index (χ1v) is 10.4. The van der Waals surface area contributed by atoms with Crippen LogP contribution in [0, 0.1) is 6.92 Å². The highest BCUT2D eigenvalue weighted by Crippen LogP contribution is 2.25. The molecule has 9 nitrogen and oxygen atoms in total. The summed E-state index contributed by atoms with van der Waals surface area (Å²) < 4.78 is 11.6. The number of anilines is 3. The molecule has 0 unspecified atom stereocenters. The number of benzene rings is 2. The molecular weight excluding hydrogens is 474 g/mol. The molecule has 10 heteroatoms. The Labute approximate surface area is 190 Å². The summed E-state index contributed by atoms with van der Waals surface area (Å²) in [5.74, 6) is 2.13. The normalized spacial score (nSPS) is 11.3. The number of aryl methyl sites for hydroxylation is 1. The Bertz CT molecular complexity index is 1390. The highest BCUT2D eigenvalue weighted by molar-refractivity contribution is 9.10. The van der Waals surface area contributed by atoms with Crippen molar-refractivity contribution in [1.82, 2.24) is 20.3 Å². The van der Waals surface area contributed by atoms with Gasteiger partial charge in [-0.2, -0.15) is 10.1 Å². The second kappa shape index (κ2) is 8.60.